The van der Waals surface area contributed by atoms with Crippen LogP contribution >= 0.6 is 0 Å². The minimum absolute atomic E-state index is 0. The Morgan fingerprint density at radius 1 is 1.08 bits per heavy atom. The fourth-order valence-corrected chi connectivity index (χ4v) is 4.32. The van der Waals surface area contributed by atoms with E-state index in [9.17, 15) is 9.59 Å². The first-order chi connectivity index (χ1) is 18.0. The molecule has 0 saturated carbocycles. The summed E-state index contributed by atoms with van der Waals surface area (Å²) >= 11 is 0. The molecule has 0 spiro atoms. The van der Waals surface area contributed by atoms with Crippen LogP contribution in [-0.2, 0) is 4.79 Å². The fourth-order valence-electron chi connectivity index (χ4n) is 4.32. The summed E-state index contributed by atoms with van der Waals surface area (Å²) < 4.78 is 0. The van der Waals surface area contributed by atoms with Gasteiger partial charge in [-0.2, -0.15) is 5.10 Å². The van der Waals surface area contributed by atoms with Gasteiger partial charge < -0.3 is 15.6 Å². The van der Waals surface area contributed by atoms with Gasteiger partial charge in [-0.1, -0.05) is 80.6 Å². The molecule has 1 unspecified atom stereocenters. The molecule has 0 aromatic heterocycles. The topological polar surface area (TPSA) is 73.8 Å². The van der Waals surface area contributed by atoms with Crippen LogP contribution in [0.1, 0.15) is 77.3 Å². The standard InChI is InChI=1S/C29H36N4O2.C2H6.H2/c1-4-5-8-14-22(2)31-32-23(3)27-19-13-20-33(27)28(34)21-26(24-15-9-6-10-16-24)30-29(35)25-17-11-7-12-18-25;1-2;/h4-12,14-18,23,26-27,32H,13,19-21H2,1-3H3,(H,30,35);1-2H3;1H/b5-4-,14-8-,31-22+;;/t23?,26-,27-;;/m0../s1. The SMILES string of the molecule is CC.C\C=C/C=C\C(C)=N\NC(C)[C@@H]1CCCN1C(=O)C[C@H](NC(=O)c1ccccc1)c1ccccc1.[HH]. The van der Waals surface area contributed by atoms with E-state index >= 15 is 0 Å². The number of carbonyl (C=O) groups is 2. The molecule has 1 aliphatic rings. The van der Waals surface area contributed by atoms with Crippen molar-refractivity contribution in [2.24, 2.45) is 5.10 Å². The highest BCUT2D eigenvalue weighted by Crippen LogP contribution is 2.25. The van der Waals surface area contributed by atoms with Gasteiger partial charge in [0, 0.05) is 13.5 Å². The van der Waals surface area contributed by atoms with Crippen molar-refractivity contribution in [3.63, 3.8) is 0 Å². The van der Waals surface area contributed by atoms with Crippen molar-refractivity contribution in [2.75, 3.05) is 6.54 Å². The van der Waals surface area contributed by atoms with Crippen molar-refractivity contribution in [3.05, 3.63) is 96.1 Å². The highest BCUT2D eigenvalue weighted by molar-refractivity contribution is 5.95. The quantitative estimate of drug-likeness (QED) is 0.227. The third-order valence-electron chi connectivity index (χ3n) is 6.20. The van der Waals surface area contributed by atoms with Crippen LogP contribution in [0.3, 0.4) is 0 Å². The predicted octanol–water partition coefficient (Wildman–Crippen LogP) is 6.30. The van der Waals surface area contributed by atoms with E-state index in [4.69, 9.17) is 0 Å². The zero-order valence-corrected chi connectivity index (χ0v) is 22.9. The number of hydrogen-bond acceptors (Lipinski definition) is 4. The molecule has 1 aliphatic heterocycles. The van der Waals surface area contributed by atoms with E-state index in [1.165, 1.54) is 0 Å². The van der Waals surface area contributed by atoms with Crippen molar-refractivity contribution in [1.82, 2.24) is 15.6 Å². The minimum Gasteiger partial charge on any atom is -0.345 e. The van der Waals surface area contributed by atoms with Crippen LogP contribution in [-0.4, -0.2) is 41.1 Å². The first-order valence-electron chi connectivity index (χ1n) is 13.3. The summed E-state index contributed by atoms with van der Waals surface area (Å²) in [6, 6.07) is 18.5. The summed E-state index contributed by atoms with van der Waals surface area (Å²) in [6.45, 7) is 10.7. The van der Waals surface area contributed by atoms with Gasteiger partial charge in [0.15, 0.2) is 0 Å². The average molecular weight is 505 g/mol. The Kier molecular flexibility index (Phi) is 12.9. The van der Waals surface area contributed by atoms with Crippen molar-refractivity contribution in [2.45, 2.75) is 72.0 Å². The molecule has 2 aromatic rings. The first kappa shape index (κ1) is 29.6. The molecule has 37 heavy (non-hydrogen) atoms. The molecular weight excluding hydrogens is 460 g/mol. The second-order valence-corrected chi connectivity index (χ2v) is 8.86. The van der Waals surface area contributed by atoms with Crippen LogP contribution in [0.25, 0.3) is 0 Å². The monoisotopic (exact) mass is 504 g/mol. The molecule has 1 heterocycles. The number of hydrazone groups is 1. The van der Waals surface area contributed by atoms with E-state index in [2.05, 4.69) is 22.8 Å². The number of nitrogens with one attached hydrogen (secondary N) is 2. The zero-order chi connectivity index (χ0) is 27.0. The molecule has 0 bridgehead atoms. The van der Waals surface area contributed by atoms with E-state index in [0.29, 0.717) is 12.1 Å². The maximum atomic E-state index is 13.5. The van der Waals surface area contributed by atoms with Crippen LogP contribution < -0.4 is 10.7 Å². The molecule has 200 valence electrons. The van der Waals surface area contributed by atoms with E-state index < -0.39 is 6.04 Å². The number of likely N-dealkylation sites (tertiary alicyclic amines) is 1. The summed E-state index contributed by atoms with van der Waals surface area (Å²) in [4.78, 5) is 28.3. The van der Waals surface area contributed by atoms with Crippen LogP contribution in [0, 0.1) is 0 Å². The van der Waals surface area contributed by atoms with Crippen LogP contribution in [0.4, 0.5) is 0 Å². The highest BCUT2D eigenvalue weighted by atomic mass is 16.2. The van der Waals surface area contributed by atoms with E-state index in [1.807, 2.05) is 105 Å². The molecule has 1 saturated heterocycles. The third kappa shape index (κ3) is 9.37. The van der Waals surface area contributed by atoms with Gasteiger partial charge in [-0.15, -0.1) is 0 Å². The number of nitrogens with zero attached hydrogens (tertiary/aromatic N) is 2. The van der Waals surface area contributed by atoms with Gasteiger partial charge in [-0.05, 0) is 57.4 Å². The molecule has 6 nitrogen and oxygen atoms in total. The van der Waals surface area contributed by atoms with Gasteiger partial charge in [0.1, 0.15) is 0 Å². The van der Waals surface area contributed by atoms with Crippen molar-refractivity contribution < 1.29 is 11.0 Å². The summed E-state index contributed by atoms with van der Waals surface area (Å²) in [5, 5.41) is 7.54. The van der Waals surface area contributed by atoms with Gasteiger partial charge in [0.2, 0.25) is 5.91 Å². The lowest BCUT2D eigenvalue weighted by atomic mass is 10.0. The lowest BCUT2D eigenvalue weighted by molar-refractivity contribution is -0.133. The number of allylic oxidation sites excluding steroid dienone is 4. The summed E-state index contributed by atoms with van der Waals surface area (Å²) in [6.07, 6.45) is 9.90. The second-order valence-electron chi connectivity index (χ2n) is 8.86. The molecule has 0 aliphatic carbocycles. The lowest BCUT2D eigenvalue weighted by Gasteiger charge is -2.31. The maximum absolute atomic E-state index is 13.5. The Morgan fingerprint density at radius 3 is 2.38 bits per heavy atom. The van der Waals surface area contributed by atoms with Crippen molar-refractivity contribution in [3.8, 4) is 0 Å². The fraction of sp³-hybridized carbons (Fsp3) is 0.387. The third-order valence-corrected chi connectivity index (χ3v) is 6.20. The maximum Gasteiger partial charge on any atom is 0.251 e. The normalized spacial score (nSPS) is 17.3. The molecule has 6 heteroatoms. The Bertz CT molecular complexity index is 1050. The number of carbonyl (C=O) groups excluding carboxylic acids is 2. The summed E-state index contributed by atoms with van der Waals surface area (Å²) in [5.41, 5.74) is 5.59. The van der Waals surface area contributed by atoms with Crippen LogP contribution in [0.5, 0.6) is 0 Å². The highest BCUT2D eigenvalue weighted by Gasteiger charge is 2.34. The van der Waals surface area contributed by atoms with Gasteiger partial charge in [-0.25, -0.2) is 0 Å². The molecular formula is C31H44N4O2. The molecule has 2 amide bonds. The molecule has 2 N–H and O–H groups in total. The summed E-state index contributed by atoms with van der Waals surface area (Å²) in [7, 11) is 0. The number of rotatable bonds is 10. The smallest absolute Gasteiger partial charge is 0.251 e. The number of amides is 2. The largest absolute Gasteiger partial charge is 0.345 e. The molecule has 0 radical (unpaired) electrons. The van der Waals surface area contributed by atoms with Crippen LogP contribution in [0.15, 0.2) is 90.1 Å². The van der Waals surface area contributed by atoms with E-state index in [0.717, 1.165) is 24.1 Å². The molecule has 3 rings (SSSR count). The second kappa shape index (κ2) is 16.1. The van der Waals surface area contributed by atoms with E-state index in [1.54, 1.807) is 12.1 Å². The van der Waals surface area contributed by atoms with Crippen LogP contribution in [0.2, 0.25) is 0 Å². The Balaban J connectivity index is 0.00000235. The molecule has 3 atom stereocenters. The first-order valence-corrected chi connectivity index (χ1v) is 13.3. The number of benzene rings is 2. The van der Waals surface area contributed by atoms with E-state index in [-0.39, 0.29) is 31.7 Å². The van der Waals surface area contributed by atoms with Gasteiger partial charge in [-0.3, -0.25) is 9.59 Å². The minimum atomic E-state index is -0.405. The van der Waals surface area contributed by atoms with Crippen molar-refractivity contribution >= 4 is 17.5 Å². The van der Waals surface area contributed by atoms with Gasteiger partial charge in [0.05, 0.1) is 30.3 Å². The van der Waals surface area contributed by atoms with Gasteiger partial charge in [0.25, 0.3) is 5.91 Å². The zero-order valence-electron chi connectivity index (χ0n) is 22.9. The van der Waals surface area contributed by atoms with Gasteiger partial charge >= 0.3 is 0 Å². The molecule has 1 fully saturated rings. The lowest BCUT2D eigenvalue weighted by Crippen LogP contribution is -2.47. The average Bonchev–Trinajstić information content (AvgIpc) is 3.44. The Labute approximate surface area is 224 Å². The Hall–Kier alpha value is -3.67. The predicted molar refractivity (Wildman–Crippen MR) is 156 cm³/mol. The summed E-state index contributed by atoms with van der Waals surface area (Å²) in [5.74, 6) is -0.145. The number of hydrogen-bond donors (Lipinski definition) is 2. The van der Waals surface area contributed by atoms with Crippen molar-refractivity contribution in [1.29, 1.82) is 0 Å². The molecule has 2 aromatic carbocycles. The Morgan fingerprint density at radius 2 is 1.73 bits per heavy atom.